The van der Waals surface area contributed by atoms with Gasteiger partial charge in [-0.2, -0.15) is 0 Å². The Morgan fingerprint density at radius 1 is 1.35 bits per heavy atom. The monoisotopic (exact) mass is 252 g/mol. The number of hydrogen-bond acceptors (Lipinski definition) is 8. The van der Waals surface area contributed by atoms with E-state index in [9.17, 15) is 20.1 Å². The summed E-state index contributed by atoms with van der Waals surface area (Å²) < 4.78 is 9.44. The van der Waals surface area contributed by atoms with E-state index >= 15 is 0 Å². The maximum absolute atomic E-state index is 11.1. The molecule has 0 unspecified atom stereocenters. The maximum Gasteiger partial charge on any atom is 0.335 e. The normalized spacial score (nSPS) is 39.8. The van der Waals surface area contributed by atoms with Crippen molar-refractivity contribution in [1.82, 2.24) is 0 Å². The van der Waals surface area contributed by atoms with Gasteiger partial charge in [-0.05, 0) is 6.92 Å². The van der Waals surface area contributed by atoms with E-state index in [0.717, 1.165) is 6.92 Å². The van der Waals surface area contributed by atoms with Crippen LogP contribution in [0.2, 0.25) is 0 Å². The van der Waals surface area contributed by atoms with E-state index in [1.807, 2.05) is 0 Å². The summed E-state index contributed by atoms with van der Waals surface area (Å²) in [5, 5.41) is 46.0. The lowest BCUT2D eigenvalue weighted by atomic mass is 9.99. The molecule has 0 aromatic heterocycles. The van der Waals surface area contributed by atoms with Crippen LogP contribution < -0.4 is 0 Å². The number of aliphatic hydroxyl groups excluding tert-OH is 5. The molecule has 1 aliphatic rings. The highest BCUT2D eigenvalue weighted by Crippen LogP contribution is 2.22. The van der Waals surface area contributed by atoms with Crippen LogP contribution in [0.5, 0.6) is 0 Å². The van der Waals surface area contributed by atoms with Gasteiger partial charge in [-0.3, -0.25) is 0 Å². The van der Waals surface area contributed by atoms with Crippen LogP contribution in [0, 0.1) is 0 Å². The van der Waals surface area contributed by atoms with Crippen molar-refractivity contribution < 1.29 is 39.8 Å². The quantitative estimate of drug-likeness (QED) is 0.330. The lowest BCUT2D eigenvalue weighted by Crippen LogP contribution is -2.60. The van der Waals surface area contributed by atoms with Crippen molar-refractivity contribution >= 4 is 5.97 Å². The molecule has 100 valence electrons. The van der Waals surface area contributed by atoms with Gasteiger partial charge in [0, 0.05) is 0 Å². The van der Waals surface area contributed by atoms with Gasteiger partial charge in [-0.25, -0.2) is 4.79 Å². The minimum absolute atomic E-state index is 0.626. The van der Waals surface area contributed by atoms with Crippen LogP contribution in [-0.4, -0.2) is 74.9 Å². The third-order valence-electron chi connectivity index (χ3n) is 2.43. The first kappa shape index (κ1) is 14.3. The number of rotatable bonds is 3. The van der Waals surface area contributed by atoms with E-state index in [0.29, 0.717) is 0 Å². The zero-order chi connectivity index (χ0) is 13.2. The standard InChI is InChI=1S/C9H16O8/c1-3(11)8(14)17-7-4(2-10)16-9(15)6(13)5(7)12/h3-7,9-13,15H,2H2,1H3/t3-,4-,5-,6-,7-,9-/m1/s1. The molecule has 0 saturated carbocycles. The summed E-state index contributed by atoms with van der Waals surface area (Å²) in [6.45, 7) is 0.538. The Hall–Kier alpha value is -0.770. The van der Waals surface area contributed by atoms with E-state index in [1.54, 1.807) is 0 Å². The minimum Gasteiger partial charge on any atom is -0.455 e. The third kappa shape index (κ3) is 3.12. The molecular weight excluding hydrogens is 236 g/mol. The van der Waals surface area contributed by atoms with E-state index in [2.05, 4.69) is 0 Å². The van der Waals surface area contributed by atoms with Crippen LogP contribution in [-0.2, 0) is 14.3 Å². The van der Waals surface area contributed by atoms with Gasteiger partial charge in [0.15, 0.2) is 12.4 Å². The Morgan fingerprint density at radius 3 is 2.41 bits per heavy atom. The molecule has 1 rings (SSSR count). The Morgan fingerprint density at radius 2 is 1.94 bits per heavy atom. The molecular formula is C9H16O8. The van der Waals surface area contributed by atoms with Gasteiger partial charge >= 0.3 is 5.97 Å². The molecule has 0 radical (unpaired) electrons. The zero-order valence-corrected chi connectivity index (χ0v) is 9.13. The van der Waals surface area contributed by atoms with Crippen LogP contribution in [0.4, 0.5) is 0 Å². The number of carbonyl (C=O) groups is 1. The summed E-state index contributed by atoms with van der Waals surface area (Å²) in [5.41, 5.74) is 0. The van der Waals surface area contributed by atoms with Crippen molar-refractivity contribution in [1.29, 1.82) is 0 Å². The molecule has 0 aromatic carbocycles. The third-order valence-corrected chi connectivity index (χ3v) is 2.43. The highest BCUT2D eigenvalue weighted by atomic mass is 16.7. The number of aliphatic hydroxyl groups is 5. The number of carbonyl (C=O) groups excluding carboxylic acids is 1. The SMILES string of the molecule is C[C@@H](O)C(=O)O[C@H]1[C@H](O)[C@@H](O)[C@H](O)O[C@@H]1CO. The largest absolute Gasteiger partial charge is 0.455 e. The Bertz CT molecular complexity index is 266. The fraction of sp³-hybridized carbons (Fsp3) is 0.889. The average molecular weight is 252 g/mol. The first-order valence-corrected chi connectivity index (χ1v) is 5.07. The maximum atomic E-state index is 11.1. The number of hydrogen-bond donors (Lipinski definition) is 5. The summed E-state index contributed by atoms with van der Waals surface area (Å²) in [7, 11) is 0. The van der Waals surface area contributed by atoms with Gasteiger partial charge in [0.1, 0.15) is 24.4 Å². The molecule has 1 fully saturated rings. The first-order chi connectivity index (χ1) is 7.88. The lowest BCUT2D eigenvalue weighted by molar-refractivity contribution is -0.290. The average Bonchev–Trinajstić information content (AvgIpc) is 2.29. The van der Waals surface area contributed by atoms with Gasteiger partial charge in [0.2, 0.25) is 0 Å². The first-order valence-electron chi connectivity index (χ1n) is 5.07. The molecule has 0 bridgehead atoms. The van der Waals surface area contributed by atoms with E-state index in [4.69, 9.17) is 19.7 Å². The van der Waals surface area contributed by atoms with Gasteiger partial charge in [0.25, 0.3) is 0 Å². The van der Waals surface area contributed by atoms with Crippen LogP contribution in [0.3, 0.4) is 0 Å². The van der Waals surface area contributed by atoms with E-state index in [1.165, 1.54) is 0 Å². The molecule has 1 heterocycles. The second-order valence-electron chi connectivity index (χ2n) is 3.81. The molecule has 5 N–H and O–H groups in total. The molecule has 8 nitrogen and oxygen atoms in total. The van der Waals surface area contributed by atoms with Gasteiger partial charge < -0.3 is 35.0 Å². The second-order valence-corrected chi connectivity index (χ2v) is 3.81. The molecule has 1 saturated heterocycles. The minimum atomic E-state index is -1.68. The van der Waals surface area contributed by atoms with Crippen molar-refractivity contribution in [2.75, 3.05) is 6.61 Å². The molecule has 0 aromatic rings. The van der Waals surface area contributed by atoms with Crippen molar-refractivity contribution in [2.45, 2.75) is 43.7 Å². The Balaban J connectivity index is 2.75. The van der Waals surface area contributed by atoms with Gasteiger partial charge in [0.05, 0.1) is 6.61 Å². The Labute approximate surface area is 97.0 Å². The van der Waals surface area contributed by atoms with Crippen LogP contribution in [0.25, 0.3) is 0 Å². The predicted octanol–water partition coefficient (Wildman–Crippen LogP) is -3.29. The molecule has 17 heavy (non-hydrogen) atoms. The topological polar surface area (TPSA) is 137 Å². The fourth-order valence-electron chi connectivity index (χ4n) is 1.45. The summed E-state index contributed by atoms with van der Waals surface area (Å²) in [4.78, 5) is 11.1. The van der Waals surface area contributed by atoms with Crippen molar-refractivity contribution in [3.8, 4) is 0 Å². The van der Waals surface area contributed by atoms with Gasteiger partial charge in [-0.1, -0.05) is 0 Å². The van der Waals surface area contributed by atoms with Crippen LogP contribution in [0.15, 0.2) is 0 Å². The van der Waals surface area contributed by atoms with Crippen LogP contribution in [0.1, 0.15) is 6.92 Å². The molecule has 0 spiro atoms. The number of ether oxygens (including phenoxy) is 2. The summed E-state index contributed by atoms with van der Waals surface area (Å²) >= 11 is 0. The van der Waals surface area contributed by atoms with Crippen molar-refractivity contribution in [3.05, 3.63) is 0 Å². The van der Waals surface area contributed by atoms with Gasteiger partial charge in [-0.15, -0.1) is 0 Å². The predicted molar refractivity (Wildman–Crippen MR) is 51.5 cm³/mol. The lowest BCUT2D eigenvalue weighted by Gasteiger charge is -2.39. The second kappa shape index (κ2) is 5.71. The molecule has 0 amide bonds. The summed E-state index contributed by atoms with van der Waals surface area (Å²) in [6, 6.07) is 0. The van der Waals surface area contributed by atoms with E-state index in [-0.39, 0.29) is 0 Å². The number of esters is 1. The van der Waals surface area contributed by atoms with Crippen molar-refractivity contribution in [2.24, 2.45) is 0 Å². The molecule has 0 aliphatic carbocycles. The molecule has 6 atom stereocenters. The highest BCUT2D eigenvalue weighted by Gasteiger charge is 2.46. The Kier molecular flexibility index (Phi) is 4.80. The zero-order valence-electron chi connectivity index (χ0n) is 9.13. The summed E-state index contributed by atoms with van der Waals surface area (Å²) in [5.74, 6) is -1.03. The highest BCUT2D eigenvalue weighted by molar-refractivity contribution is 5.74. The van der Waals surface area contributed by atoms with Crippen LogP contribution >= 0.6 is 0 Å². The van der Waals surface area contributed by atoms with E-state index < -0.39 is 49.4 Å². The molecule has 8 heteroatoms. The smallest absolute Gasteiger partial charge is 0.335 e. The summed E-state index contributed by atoms with van der Waals surface area (Å²) in [6.07, 6.45) is -8.90. The molecule has 1 aliphatic heterocycles. The van der Waals surface area contributed by atoms with Crippen molar-refractivity contribution in [3.63, 3.8) is 0 Å². The fourth-order valence-corrected chi connectivity index (χ4v) is 1.45.